The highest BCUT2D eigenvalue weighted by Gasteiger charge is 2.39. The molecule has 2 atom stereocenters. The first kappa shape index (κ1) is 20.9. The van der Waals surface area contributed by atoms with Gasteiger partial charge in [-0.15, -0.1) is 0 Å². The van der Waals surface area contributed by atoms with Gasteiger partial charge in [0, 0.05) is 22.9 Å². The molecular weight excluding hydrogens is 412 g/mol. The number of rotatable bonds is 5. The van der Waals surface area contributed by atoms with Crippen molar-refractivity contribution in [2.24, 2.45) is 11.8 Å². The van der Waals surface area contributed by atoms with Crippen LogP contribution in [0.1, 0.15) is 31.7 Å². The van der Waals surface area contributed by atoms with E-state index < -0.39 is 18.9 Å². The van der Waals surface area contributed by atoms with Crippen LogP contribution in [0.5, 0.6) is 0 Å². The molecule has 9 heteroatoms. The Bertz CT molecular complexity index is 1040. The second-order valence-electron chi connectivity index (χ2n) is 8.55. The van der Waals surface area contributed by atoms with Gasteiger partial charge in [0.1, 0.15) is 18.5 Å². The molecule has 1 fully saturated rings. The smallest absolute Gasteiger partial charge is 0.343 e. The average Bonchev–Trinajstić information content (AvgIpc) is 2.93. The minimum absolute atomic E-state index is 0.0655. The van der Waals surface area contributed by atoms with Gasteiger partial charge in [0.2, 0.25) is 5.95 Å². The zero-order chi connectivity index (χ0) is 21.7. The molecule has 0 aliphatic heterocycles. The minimum Gasteiger partial charge on any atom is -0.343 e. The van der Waals surface area contributed by atoms with E-state index in [0.29, 0.717) is 17.5 Å². The number of aromatic nitrogens is 2. The molecule has 2 N–H and O–H groups in total. The van der Waals surface area contributed by atoms with Crippen molar-refractivity contribution >= 4 is 29.9 Å². The molecule has 160 valence electrons. The van der Waals surface area contributed by atoms with Gasteiger partial charge in [-0.25, -0.2) is 4.98 Å². The van der Waals surface area contributed by atoms with Crippen molar-refractivity contribution in [2.45, 2.75) is 32.4 Å². The lowest BCUT2D eigenvalue weighted by atomic mass is 9.84. The highest BCUT2D eigenvalue weighted by molar-refractivity contribution is 7.70. The number of halogens is 3. The van der Waals surface area contributed by atoms with Crippen LogP contribution < -0.4 is 15.9 Å². The quantitative estimate of drug-likeness (QED) is 0.597. The second kappa shape index (κ2) is 7.41. The van der Waals surface area contributed by atoms with Crippen LogP contribution in [-0.2, 0) is 10.7 Å². The van der Waals surface area contributed by atoms with Crippen molar-refractivity contribution in [3.8, 4) is 0 Å². The third kappa shape index (κ3) is 4.24. The first-order valence-electron chi connectivity index (χ1n) is 9.86. The third-order valence-electron chi connectivity index (χ3n) is 5.69. The van der Waals surface area contributed by atoms with Gasteiger partial charge < -0.3 is 15.2 Å². The molecule has 2 unspecified atom stereocenters. The molecule has 0 amide bonds. The molecule has 0 spiro atoms. The number of fused-ring (bicyclic) bond motifs is 1. The summed E-state index contributed by atoms with van der Waals surface area (Å²) in [5.41, 5.74) is 1.80. The number of alkyl halides is 3. The Hall–Kier alpha value is -2.34. The van der Waals surface area contributed by atoms with Gasteiger partial charge in [-0.05, 0) is 74.3 Å². The number of hydrogen-bond acceptors (Lipinski definition) is 5. The van der Waals surface area contributed by atoms with E-state index in [9.17, 15) is 17.7 Å². The normalized spacial score (nSPS) is 21.3. The highest BCUT2D eigenvalue weighted by atomic mass is 31.2. The predicted molar refractivity (Wildman–Crippen MR) is 113 cm³/mol. The highest BCUT2D eigenvalue weighted by Crippen LogP contribution is 2.49. The summed E-state index contributed by atoms with van der Waals surface area (Å²) in [4.78, 5) is 7.97. The summed E-state index contributed by atoms with van der Waals surface area (Å²) in [6.07, 6.45) is -0.962. The molecule has 0 radical (unpaired) electrons. The zero-order valence-corrected chi connectivity index (χ0v) is 17.9. The summed E-state index contributed by atoms with van der Waals surface area (Å²) in [5.74, 6) is 0.890. The summed E-state index contributed by atoms with van der Waals surface area (Å²) in [7, 11) is -2.38. The summed E-state index contributed by atoms with van der Waals surface area (Å²) < 4.78 is 52.6. The van der Waals surface area contributed by atoms with Crippen molar-refractivity contribution in [3.05, 3.63) is 47.3 Å². The molecule has 4 rings (SSSR count). The van der Waals surface area contributed by atoms with E-state index in [-0.39, 0.29) is 11.8 Å². The van der Waals surface area contributed by atoms with Gasteiger partial charge in [0.05, 0.1) is 0 Å². The van der Waals surface area contributed by atoms with E-state index in [2.05, 4.69) is 27.5 Å². The maximum atomic E-state index is 13.5. The lowest BCUT2D eigenvalue weighted by molar-refractivity contribution is -0.137. The van der Waals surface area contributed by atoms with Crippen LogP contribution in [0.25, 0.3) is 0 Å². The number of nitrogens with one attached hydrogen (secondary N) is 2. The molecule has 1 aromatic heterocycles. The second-order valence-corrected chi connectivity index (χ2v) is 11.8. The van der Waals surface area contributed by atoms with E-state index in [0.717, 1.165) is 36.5 Å². The molecular formula is C21H24F3N4OP. The van der Waals surface area contributed by atoms with Gasteiger partial charge in [-0.3, -0.25) is 0 Å². The largest absolute Gasteiger partial charge is 0.421 e. The van der Waals surface area contributed by atoms with Crippen LogP contribution in [0.15, 0.2) is 41.7 Å². The SMILES string of the molecule is CC1CC2=C(Nc3nc(Nc4ccc(P(C)(C)=O)cc4)ncc3C(F)(F)F)CC2C1. The van der Waals surface area contributed by atoms with E-state index in [1.807, 2.05) is 0 Å². The minimum atomic E-state index is -4.55. The number of benzene rings is 1. The summed E-state index contributed by atoms with van der Waals surface area (Å²) >= 11 is 0. The predicted octanol–water partition coefficient (Wildman–Crippen LogP) is 5.60. The Morgan fingerprint density at radius 2 is 1.80 bits per heavy atom. The van der Waals surface area contributed by atoms with Gasteiger partial charge in [0.25, 0.3) is 0 Å². The summed E-state index contributed by atoms with van der Waals surface area (Å²) in [6.45, 7) is 5.52. The van der Waals surface area contributed by atoms with Crippen LogP contribution in [0.3, 0.4) is 0 Å². The van der Waals surface area contributed by atoms with E-state index >= 15 is 0 Å². The monoisotopic (exact) mass is 436 g/mol. The number of anilines is 3. The van der Waals surface area contributed by atoms with Crippen LogP contribution in [-0.4, -0.2) is 23.3 Å². The summed E-state index contributed by atoms with van der Waals surface area (Å²) in [6, 6.07) is 6.89. The maximum absolute atomic E-state index is 13.5. The van der Waals surface area contributed by atoms with E-state index in [1.54, 1.807) is 37.6 Å². The number of nitrogens with zero attached hydrogens (tertiary/aromatic N) is 2. The van der Waals surface area contributed by atoms with E-state index in [4.69, 9.17) is 0 Å². The van der Waals surface area contributed by atoms with Crippen molar-refractivity contribution in [3.63, 3.8) is 0 Å². The lowest BCUT2D eigenvalue weighted by Gasteiger charge is -2.29. The van der Waals surface area contributed by atoms with Crippen molar-refractivity contribution in [1.29, 1.82) is 0 Å². The van der Waals surface area contributed by atoms with Gasteiger partial charge in [-0.1, -0.05) is 6.92 Å². The van der Waals surface area contributed by atoms with Crippen molar-refractivity contribution < 1.29 is 17.7 Å². The molecule has 30 heavy (non-hydrogen) atoms. The molecule has 2 aromatic rings. The fraction of sp³-hybridized carbons (Fsp3) is 0.429. The Kier molecular flexibility index (Phi) is 5.17. The molecule has 2 aliphatic rings. The van der Waals surface area contributed by atoms with Crippen molar-refractivity contribution in [1.82, 2.24) is 9.97 Å². The van der Waals surface area contributed by atoms with Crippen LogP contribution in [0.4, 0.5) is 30.6 Å². The number of allylic oxidation sites excluding steroid dienone is 2. The van der Waals surface area contributed by atoms with Crippen LogP contribution in [0.2, 0.25) is 0 Å². The Labute approximate surface area is 173 Å². The Balaban J connectivity index is 1.60. The van der Waals surface area contributed by atoms with E-state index in [1.165, 1.54) is 5.57 Å². The topological polar surface area (TPSA) is 66.9 Å². The summed E-state index contributed by atoms with van der Waals surface area (Å²) in [5, 5.41) is 6.59. The molecule has 5 nitrogen and oxygen atoms in total. The molecule has 1 aromatic carbocycles. The Morgan fingerprint density at radius 3 is 2.40 bits per heavy atom. The Morgan fingerprint density at radius 1 is 1.10 bits per heavy atom. The maximum Gasteiger partial charge on any atom is 0.421 e. The molecule has 0 saturated heterocycles. The lowest BCUT2D eigenvalue weighted by Crippen LogP contribution is -2.22. The average molecular weight is 436 g/mol. The van der Waals surface area contributed by atoms with Crippen molar-refractivity contribution in [2.75, 3.05) is 24.0 Å². The molecule has 1 saturated carbocycles. The fourth-order valence-corrected chi connectivity index (χ4v) is 4.99. The fourth-order valence-electron chi connectivity index (χ4n) is 4.13. The third-order valence-corrected chi connectivity index (χ3v) is 7.24. The molecule has 1 heterocycles. The van der Waals surface area contributed by atoms with Gasteiger partial charge >= 0.3 is 6.18 Å². The first-order valence-corrected chi connectivity index (χ1v) is 12.5. The van der Waals surface area contributed by atoms with Gasteiger partial charge in [0.15, 0.2) is 0 Å². The molecule has 0 bridgehead atoms. The van der Waals surface area contributed by atoms with Gasteiger partial charge in [-0.2, -0.15) is 18.2 Å². The first-order chi connectivity index (χ1) is 14.0. The standard InChI is InChI=1S/C21H24F3N4OP/c1-12-8-13-10-18(16(13)9-12)27-19-17(21(22,23)24)11-25-20(28-19)26-14-4-6-15(7-5-14)30(2,3)29/h4-7,11-13H,8-10H2,1-3H3,(H2,25,26,27,28). The van der Waals surface area contributed by atoms with Crippen LogP contribution in [0, 0.1) is 11.8 Å². The number of hydrogen-bond donors (Lipinski definition) is 2. The zero-order valence-electron chi connectivity index (χ0n) is 17.0. The molecule has 2 aliphatic carbocycles. The van der Waals surface area contributed by atoms with Crippen LogP contribution >= 0.6 is 7.14 Å².